The molecule has 108 valence electrons. The minimum absolute atomic E-state index is 0.546. The van der Waals surface area contributed by atoms with Gasteiger partial charge in [0.05, 0.1) is 11.4 Å². The monoisotopic (exact) mass is 282 g/mol. The first-order chi connectivity index (χ1) is 10.1. The van der Waals surface area contributed by atoms with Gasteiger partial charge in [0.25, 0.3) is 0 Å². The highest BCUT2D eigenvalue weighted by molar-refractivity contribution is 5.94. The number of hydrogen-bond acceptors (Lipinski definition) is 5. The Morgan fingerprint density at radius 2 is 1.76 bits per heavy atom. The third kappa shape index (κ3) is 2.67. The maximum Gasteiger partial charge on any atom is 0.160 e. The van der Waals surface area contributed by atoms with E-state index in [0.29, 0.717) is 29.2 Å². The number of nitrogens with zero attached hydrogens (tertiary/aromatic N) is 2. The summed E-state index contributed by atoms with van der Waals surface area (Å²) in [6, 6.07) is 12.3. The van der Waals surface area contributed by atoms with Crippen molar-refractivity contribution < 1.29 is 4.63 Å². The van der Waals surface area contributed by atoms with E-state index in [4.69, 9.17) is 10.4 Å². The quantitative estimate of drug-likeness (QED) is 0.716. The van der Waals surface area contributed by atoms with E-state index in [0.717, 1.165) is 5.69 Å². The van der Waals surface area contributed by atoms with E-state index in [2.05, 4.69) is 53.7 Å². The van der Waals surface area contributed by atoms with E-state index in [-0.39, 0.29) is 0 Å². The van der Waals surface area contributed by atoms with Crippen LogP contribution in [0.2, 0.25) is 0 Å². The van der Waals surface area contributed by atoms with Crippen molar-refractivity contribution in [2.75, 3.05) is 11.1 Å². The fraction of sp³-hybridized carbons (Fsp3) is 0.250. The van der Waals surface area contributed by atoms with E-state index in [1.54, 1.807) is 6.07 Å². The molecule has 0 fully saturated rings. The number of aromatic nitrogens is 2. The highest BCUT2D eigenvalue weighted by Gasteiger charge is 2.09. The molecule has 0 spiro atoms. The van der Waals surface area contributed by atoms with Crippen molar-refractivity contribution in [1.82, 2.24) is 10.3 Å². The molecule has 3 rings (SSSR count). The maximum atomic E-state index is 5.83. The summed E-state index contributed by atoms with van der Waals surface area (Å²) in [4.78, 5) is 0. The number of fused-ring (bicyclic) bond motifs is 1. The first-order valence-electron chi connectivity index (χ1n) is 6.98. The van der Waals surface area contributed by atoms with Crippen LogP contribution in [0.5, 0.6) is 0 Å². The molecule has 3 N–H and O–H groups in total. The number of hydrogen-bond donors (Lipinski definition) is 2. The Bertz CT molecular complexity index is 747. The lowest BCUT2D eigenvalue weighted by Crippen LogP contribution is -2.01. The Hall–Kier alpha value is -2.56. The Balaban J connectivity index is 1.77. The van der Waals surface area contributed by atoms with E-state index >= 15 is 0 Å². The Morgan fingerprint density at radius 1 is 1.05 bits per heavy atom. The summed E-state index contributed by atoms with van der Waals surface area (Å²) < 4.78 is 4.76. The Labute approximate surface area is 123 Å². The molecule has 0 saturated heterocycles. The Kier molecular flexibility index (Phi) is 3.48. The smallest absolute Gasteiger partial charge is 0.160 e. The zero-order valence-corrected chi connectivity index (χ0v) is 12.1. The summed E-state index contributed by atoms with van der Waals surface area (Å²) in [5.74, 6) is 0.546. The highest BCUT2D eigenvalue weighted by atomic mass is 16.6. The molecule has 1 aromatic heterocycles. The van der Waals surface area contributed by atoms with Gasteiger partial charge in [-0.2, -0.15) is 0 Å². The fourth-order valence-corrected chi connectivity index (χ4v) is 2.25. The number of nitrogens with two attached hydrogens (primary N) is 1. The van der Waals surface area contributed by atoms with Gasteiger partial charge in [-0.3, -0.25) is 0 Å². The van der Waals surface area contributed by atoms with Gasteiger partial charge in [0.1, 0.15) is 0 Å². The molecule has 3 aromatic rings. The van der Waals surface area contributed by atoms with Gasteiger partial charge >= 0.3 is 0 Å². The van der Waals surface area contributed by atoms with Crippen LogP contribution in [0, 0.1) is 0 Å². The van der Waals surface area contributed by atoms with Crippen LogP contribution in [-0.2, 0) is 6.54 Å². The first-order valence-corrected chi connectivity index (χ1v) is 6.98. The number of rotatable bonds is 4. The lowest BCUT2D eigenvalue weighted by Gasteiger charge is -2.09. The number of benzene rings is 2. The standard InChI is InChI=1S/C16H18N4O/c1-10(2)12-5-3-11(4-6-12)9-18-14-8-7-13(17)15-16(14)20-21-19-15/h3-8,10,18H,9,17H2,1-2H3. The summed E-state index contributed by atoms with van der Waals surface area (Å²) >= 11 is 0. The van der Waals surface area contributed by atoms with Gasteiger partial charge in [-0.25, -0.2) is 4.63 Å². The normalized spacial score (nSPS) is 11.2. The van der Waals surface area contributed by atoms with Crippen molar-refractivity contribution in [3.05, 3.63) is 47.5 Å². The van der Waals surface area contributed by atoms with E-state index in [1.165, 1.54) is 11.1 Å². The summed E-state index contributed by atoms with van der Waals surface area (Å²) in [5.41, 5.74) is 11.1. The van der Waals surface area contributed by atoms with Crippen LogP contribution in [0.25, 0.3) is 11.0 Å². The summed E-state index contributed by atoms with van der Waals surface area (Å²) in [7, 11) is 0. The maximum absolute atomic E-state index is 5.83. The topological polar surface area (TPSA) is 77.0 Å². The molecule has 0 aliphatic heterocycles. The van der Waals surface area contributed by atoms with Crippen LogP contribution >= 0.6 is 0 Å². The summed E-state index contributed by atoms with van der Waals surface area (Å²) in [5, 5.41) is 11.1. The van der Waals surface area contributed by atoms with Crippen molar-refractivity contribution in [3.63, 3.8) is 0 Å². The van der Waals surface area contributed by atoms with Gasteiger partial charge in [0, 0.05) is 6.54 Å². The molecule has 21 heavy (non-hydrogen) atoms. The lowest BCUT2D eigenvalue weighted by molar-refractivity contribution is 0.316. The molecule has 0 amide bonds. The zero-order chi connectivity index (χ0) is 14.8. The molecule has 0 saturated carbocycles. The molecule has 5 nitrogen and oxygen atoms in total. The van der Waals surface area contributed by atoms with Crippen molar-refractivity contribution >= 4 is 22.4 Å². The fourth-order valence-electron chi connectivity index (χ4n) is 2.25. The average Bonchev–Trinajstić information content (AvgIpc) is 2.97. The van der Waals surface area contributed by atoms with Crippen molar-refractivity contribution in [3.8, 4) is 0 Å². The van der Waals surface area contributed by atoms with Gasteiger partial charge in [-0.15, -0.1) is 0 Å². The Morgan fingerprint density at radius 3 is 2.48 bits per heavy atom. The molecule has 0 unspecified atom stereocenters. The van der Waals surface area contributed by atoms with Gasteiger partial charge in [0.2, 0.25) is 0 Å². The highest BCUT2D eigenvalue weighted by Crippen LogP contribution is 2.25. The van der Waals surface area contributed by atoms with E-state index in [1.807, 2.05) is 6.07 Å². The number of anilines is 2. The van der Waals surface area contributed by atoms with Crippen molar-refractivity contribution in [2.45, 2.75) is 26.3 Å². The lowest BCUT2D eigenvalue weighted by atomic mass is 10.0. The SMILES string of the molecule is CC(C)c1ccc(CNc2ccc(N)c3nonc23)cc1. The summed E-state index contributed by atoms with van der Waals surface area (Å²) in [6.07, 6.45) is 0. The zero-order valence-electron chi connectivity index (χ0n) is 12.1. The minimum atomic E-state index is 0.546. The molecular formula is C16H18N4O. The van der Waals surface area contributed by atoms with Crippen LogP contribution < -0.4 is 11.1 Å². The molecule has 1 heterocycles. The van der Waals surface area contributed by atoms with Crippen LogP contribution in [0.15, 0.2) is 41.0 Å². The molecule has 0 bridgehead atoms. The van der Waals surface area contributed by atoms with Crippen LogP contribution in [0.3, 0.4) is 0 Å². The van der Waals surface area contributed by atoms with E-state index < -0.39 is 0 Å². The average molecular weight is 282 g/mol. The predicted molar refractivity (Wildman–Crippen MR) is 84.1 cm³/mol. The van der Waals surface area contributed by atoms with E-state index in [9.17, 15) is 0 Å². The largest absolute Gasteiger partial charge is 0.397 e. The predicted octanol–water partition coefficient (Wildman–Crippen LogP) is 3.54. The van der Waals surface area contributed by atoms with Crippen molar-refractivity contribution in [1.29, 1.82) is 0 Å². The second-order valence-corrected chi connectivity index (χ2v) is 5.41. The first kappa shape index (κ1) is 13.4. The van der Waals surface area contributed by atoms with Gasteiger partial charge in [0.15, 0.2) is 11.0 Å². The number of nitrogen functional groups attached to an aromatic ring is 1. The van der Waals surface area contributed by atoms with Crippen LogP contribution in [0.1, 0.15) is 30.9 Å². The van der Waals surface area contributed by atoms with Gasteiger partial charge in [-0.1, -0.05) is 38.1 Å². The molecule has 2 aromatic carbocycles. The van der Waals surface area contributed by atoms with Crippen LogP contribution in [0.4, 0.5) is 11.4 Å². The van der Waals surface area contributed by atoms with Gasteiger partial charge < -0.3 is 11.1 Å². The van der Waals surface area contributed by atoms with Crippen molar-refractivity contribution in [2.24, 2.45) is 0 Å². The molecule has 0 aliphatic rings. The number of nitrogens with one attached hydrogen (secondary N) is 1. The molecule has 5 heteroatoms. The minimum Gasteiger partial charge on any atom is -0.397 e. The molecule has 0 aliphatic carbocycles. The third-order valence-electron chi connectivity index (χ3n) is 3.58. The van der Waals surface area contributed by atoms with Crippen LogP contribution in [-0.4, -0.2) is 10.3 Å². The molecule has 0 atom stereocenters. The summed E-state index contributed by atoms with van der Waals surface area (Å²) in [6.45, 7) is 5.09. The van der Waals surface area contributed by atoms with Gasteiger partial charge in [-0.05, 0) is 39.5 Å². The second-order valence-electron chi connectivity index (χ2n) is 5.41. The second kappa shape index (κ2) is 5.44. The molecular weight excluding hydrogens is 264 g/mol. The third-order valence-corrected chi connectivity index (χ3v) is 3.58. The molecule has 0 radical (unpaired) electrons.